The summed E-state index contributed by atoms with van der Waals surface area (Å²) in [5.41, 5.74) is 4.11. The summed E-state index contributed by atoms with van der Waals surface area (Å²) in [5.74, 6) is 0.730. The van der Waals surface area contributed by atoms with Crippen LogP contribution in [0.2, 0.25) is 0 Å². The first-order valence-corrected chi connectivity index (χ1v) is 10.9. The number of benzene rings is 2. The molecule has 1 aliphatic heterocycles. The summed E-state index contributed by atoms with van der Waals surface area (Å²) in [4.78, 5) is 0. The molecule has 2 N–H and O–H groups in total. The van der Waals surface area contributed by atoms with Gasteiger partial charge in [0, 0.05) is 21.8 Å². The Morgan fingerprint density at radius 2 is 1.92 bits per heavy atom. The highest BCUT2D eigenvalue weighted by atomic mass is 79.9. The van der Waals surface area contributed by atoms with Crippen LogP contribution in [0.4, 0.5) is 11.4 Å². The molecule has 0 fully saturated rings. The predicted molar refractivity (Wildman–Crippen MR) is 105 cm³/mol. The van der Waals surface area contributed by atoms with Crippen LogP contribution in [-0.4, -0.2) is 14.7 Å². The normalized spacial score (nSPS) is 24.3. The molecule has 0 amide bonds. The summed E-state index contributed by atoms with van der Waals surface area (Å²) in [6.07, 6.45) is 6.67. The molecule has 2 aliphatic rings. The van der Waals surface area contributed by atoms with Crippen molar-refractivity contribution >= 4 is 37.3 Å². The number of hydrogen-bond acceptors (Lipinski definition) is 3. The minimum Gasteiger partial charge on any atom is -0.378 e. The molecule has 0 bridgehead atoms. The van der Waals surface area contributed by atoms with Crippen molar-refractivity contribution < 1.29 is 8.42 Å². The van der Waals surface area contributed by atoms with Crippen LogP contribution in [-0.2, 0) is 10.0 Å². The highest BCUT2D eigenvalue weighted by molar-refractivity contribution is 9.10. The molecule has 130 valence electrons. The van der Waals surface area contributed by atoms with E-state index in [1.54, 1.807) is 0 Å². The quantitative estimate of drug-likeness (QED) is 0.713. The van der Waals surface area contributed by atoms with E-state index in [2.05, 4.69) is 62.4 Å². The van der Waals surface area contributed by atoms with E-state index < -0.39 is 10.0 Å². The molecular weight excluding hydrogens is 400 g/mol. The van der Waals surface area contributed by atoms with E-state index in [0.29, 0.717) is 17.5 Å². The molecule has 0 saturated carbocycles. The second kappa shape index (κ2) is 6.18. The number of anilines is 2. The summed E-state index contributed by atoms with van der Waals surface area (Å²) in [7, 11) is -3.28. The van der Waals surface area contributed by atoms with Gasteiger partial charge in [-0.1, -0.05) is 40.2 Å². The van der Waals surface area contributed by atoms with Crippen LogP contribution in [0.25, 0.3) is 0 Å². The lowest BCUT2D eigenvalue weighted by molar-refractivity contribution is 0.425. The van der Waals surface area contributed by atoms with Crippen LogP contribution in [0.5, 0.6) is 0 Å². The van der Waals surface area contributed by atoms with Crippen LogP contribution < -0.4 is 10.0 Å². The Hall–Kier alpha value is -1.79. The highest BCUT2D eigenvalue weighted by Crippen LogP contribution is 2.50. The maximum Gasteiger partial charge on any atom is 0.229 e. The van der Waals surface area contributed by atoms with Crippen molar-refractivity contribution in [3.8, 4) is 0 Å². The molecule has 2 aromatic rings. The predicted octanol–water partition coefficient (Wildman–Crippen LogP) is 4.65. The number of fused-ring (bicyclic) bond motifs is 3. The first-order valence-electron chi connectivity index (χ1n) is 8.21. The van der Waals surface area contributed by atoms with Crippen LogP contribution in [0.3, 0.4) is 0 Å². The second-order valence-corrected chi connectivity index (χ2v) is 9.37. The first-order chi connectivity index (χ1) is 11.9. The lowest BCUT2D eigenvalue weighted by atomic mass is 9.77. The van der Waals surface area contributed by atoms with Gasteiger partial charge < -0.3 is 5.32 Å². The molecule has 3 unspecified atom stereocenters. The SMILES string of the molecule is CS(=O)(=O)Nc1ccc2c(c1)C1C=CCC1C(c1ccc(Br)cc1)N2. The standard InChI is InChI=1S/C19H19BrN2O2S/c1-25(23,24)22-14-9-10-18-17(11-14)15-3-2-4-16(15)19(21-18)12-5-7-13(20)8-6-12/h2-3,5-11,15-16,19,21-22H,4H2,1H3. The fraction of sp³-hybridized carbons (Fsp3) is 0.263. The molecule has 25 heavy (non-hydrogen) atoms. The summed E-state index contributed by atoms with van der Waals surface area (Å²) in [5, 5.41) is 3.66. The molecule has 3 atom stereocenters. The van der Waals surface area contributed by atoms with Crippen LogP contribution in [0, 0.1) is 5.92 Å². The smallest absolute Gasteiger partial charge is 0.229 e. The molecule has 0 aromatic heterocycles. The Labute approximate surface area is 156 Å². The van der Waals surface area contributed by atoms with E-state index in [9.17, 15) is 8.42 Å². The molecule has 1 aliphatic carbocycles. The molecule has 4 nitrogen and oxygen atoms in total. The number of hydrogen-bond donors (Lipinski definition) is 2. The number of sulfonamides is 1. The molecule has 0 saturated heterocycles. The largest absolute Gasteiger partial charge is 0.378 e. The van der Waals surface area contributed by atoms with Crippen LogP contribution in [0.1, 0.15) is 29.5 Å². The zero-order chi connectivity index (χ0) is 17.6. The number of rotatable bonds is 3. The maximum absolute atomic E-state index is 11.5. The third-order valence-electron chi connectivity index (χ3n) is 4.90. The van der Waals surface area contributed by atoms with Gasteiger partial charge in [-0.3, -0.25) is 4.72 Å². The summed E-state index contributed by atoms with van der Waals surface area (Å²) >= 11 is 3.49. The lowest BCUT2D eigenvalue weighted by Gasteiger charge is -2.37. The van der Waals surface area contributed by atoms with E-state index in [4.69, 9.17) is 0 Å². The Balaban J connectivity index is 1.72. The van der Waals surface area contributed by atoms with E-state index in [1.165, 1.54) is 11.8 Å². The Morgan fingerprint density at radius 1 is 1.16 bits per heavy atom. The van der Waals surface area contributed by atoms with Gasteiger partial charge in [0.2, 0.25) is 10.0 Å². The third-order valence-corrected chi connectivity index (χ3v) is 6.03. The zero-order valence-corrected chi connectivity index (χ0v) is 16.1. The van der Waals surface area contributed by atoms with E-state index in [0.717, 1.165) is 22.1 Å². The van der Waals surface area contributed by atoms with Crippen molar-refractivity contribution in [3.63, 3.8) is 0 Å². The third kappa shape index (κ3) is 3.33. The molecule has 4 rings (SSSR count). The average Bonchev–Trinajstić information content (AvgIpc) is 3.03. The first kappa shape index (κ1) is 16.7. The maximum atomic E-state index is 11.5. The summed E-state index contributed by atoms with van der Waals surface area (Å²) in [6, 6.07) is 14.4. The zero-order valence-electron chi connectivity index (χ0n) is 13.7. The summed E-state index contributed by atoms with van der Waals surface area (Å²) in [6.45, 7) is 0. The van der Waals surface area contributed by atoms with Gasteiger partial charge in [0.15, 0.2) is 0 Å². The lowest BCUT2D eigenvalue weighted by Crippen LogP contribution is -2.29. The topological polar surface area (TPSA) is 58.2 Å². The van der Waals surface area contributed by atoms with E-state index in [1.807, 2.05) is 18.2 Å². The Bertz CT molecular complexity index is 938. The van der Waals surface area contributed by atoms with E-state index in [-0.39, 0.29) is 6.04 Å². The molecule has 6 heteroatoms. The van der Waals surface area contributed by atoms with Gasteiger partial charge in [-0.05, 0) is 53.8 Å². The van der Waals surface area contributed by atoms with E-state index >= 15 is 0 Å². The van der Waals surface area contributed by atoms with Crippen molar-refractivity contribution in [2.45, 2.75) is 18.4 Å². The van der Waals surface area contributed by atoms with Gasteiger partial charge in [-0.15, -0.1) is 0 Å². The van der Waals surface area contributed by atoms with Gasteiger partial charge in [-0.2, -0.15) is 0 Å². The monoisotopic (exact) mass is 418 g/mol. The average molecular weight is 419 g/mol. The van der Waals surface area contributed by atoms with Crippen LogP contribution >= 0.6 is 15.9 Å². The Kier molecular flexibility index (Phi) is 4.12. The number of nitrogens with one attached hydrogen (secondary N) is 2. The van der Waals surface area contributed by atoms with Crippen molar-refractivity contribution in [2.24, 2.45) is 5.92 Å². The van der Waals surface area contributed by atoms with Crippen LogP contribution in [0.15, 0.2) is 59.1 Å². The second-order valence-electron chi connectivity index (χ2n) is 6.70. The number of halogens is 1. The summed E-state index contributed by atoms with van der Waals surface area (Å²) < 4.78 is 26.7. The van der Waals surface area contributed by atoms with Crippen molar-refractivity contribution in [1.82, 2.24) is 0 Å². The van der Waals surface area contributed by atoms with Gasteiger partial charge in [0.1, 0.15) is 0 Å². The number of allylic oxidation sites excluding steroid dienone is 2. The minimum absolute atomic E-state index is 0.245. The highest BCUT2D eigenvalue weighted by Gasteiger charge is 2.37. The molecule has 1 heterocycles. The van der Waals surface area contributed by atoms with Gasteiger partial charge in [0.05, 0.1) is 12.3 Å². The van der Waals surface area contributed by atoms with Crippen molar-refractivity contribution in [1.29, 1.82) is 0 Å². The van der Waals surface area contributed by atoms with Gasteiger partial charge in [0.25, 0.3) is 0 Å². The fourth-order valence-electron chi connectivity index (χ4n) is 3.87. The molecule has 0 radical (unpaired) electrons. The van der Waals surface area contributed by atoms with Crippen molar-refractivity contribution in [3.05, 3.63) is 70.2 Å². The Morgan fingerprint density at radius 3 is 2.64 bits per heavy atom. The molecule has 2 aromatic carbocycles. The fourth-order valence-corrected chi connectivity index (χ4v) is 4.69. The van der Waals surface area contributed by atoms with Crippen molar-refractivity contribution in [2.75, 3.05) is 16.3 Å². The van der Waals surface area contributed by atoms with Gasteiger partial charge in [-0.25, -0.2) is 8.42 Å². The molecule has 0 spiro atoms. The molecular formula is C19H19BrN2O2S. The minimum atomic E-state index is -3.28. The van der Waals surface area contributed by atoms with Gasteiger partial charge >= 0.3 is 0 Å².